The Morgan fingerprint density at radius 1 is 1.22 bits per heavy atom. The summed E-state index contributed by atoms with van der Waals surface area (Å²) in [5, 5.41) is 12.9. The third-order valence-corrected chi connectivity index (χ3v) is 8.81. The van der Waals surface area contributed by atoms with E-state index in [1.54, 1.807) is 38.2 Å². The molecule has 4 rings (SSSR count). The number of carbonyl (C=O) groups is 3. The van der Waals surface area contributed by atoms with E-state index in [4.69, 9.17) is 21.1 Å². The minimum Gasteiger partial charge on any atom is -0.461 e. The van der Waals surface area contributed by atoms with Gasteiger partial charge in [0, 0.05) is 37.0 Å². The molecule has 1 aromatic rings. The first-order valence-electron chi connectivity index (χ1n) is 12.7. The summed E-state index contributed by atoms with van der Waals surface area (Å²) in [6, 6.07) is 6.71. The number of fused-ring (bicyclic) bond motifs is 4. The maximum atomic E-state index is 14.0. The lowest BCUT2D eigenvalue weighted by molar-refractivity contribution is -0.147. The zero-order valence-electron chi connectivity index (χ0n) is 22.1. The minimum atomic E-state index is -1.74. The quantitative estimate of drug-likeness (QED) is 0.394. The van der Waals surface area contributed by atoms with Gasteiger partial charge in [0.25, 0.3) is 0 Å². The van der Waals surface area contributed by atoms with Crippen LogP contribution in [0.4, 0.5) is 10.5 Å². The van der Waals surface area contributed by atoms with E-state index in [2.05, 4.69) is 20.4 Å². The van der Waals surface area contributed by atoms with Crippen molar-refractivity contribution in [2.24, 2.45) is 29.1 Å². The van der Waals surface area contributed by atoms with E-state index in [1.165, 1.54) is 11.8 Å². The third-order valence-electron chi connectivity index (χ3n) is 8.56. The van der Waals surface area contributed by atoms with Crippen molar-refractivity contribution in [3.63, 3.8) is 0 Å². The molecule has 8 heteroatoms. The maximum Gasteiger partial charge on any atom is 0.414 e. The molecule has 2 saturated carbocycles. The van der Waals surface area contributed by atoms with Crippen molar-refractivity contribution in [3.8, 4) is 0 Å². The number of aliphatic hydroxyl groups is 1. The first kappa shape index (κ1) is 27.4. The molecule has 1 aromatic carbocycles. The van der Waals surface area contributed by atoms with Crippen molar-refractivity contribution >= 4 is 35.1 Å². The van der Waals surface area contributed by atoms with Gasteiger partial charge in [-0.05, 0) is 72.4 Å². The van der Waals surface area contributed by atoms with Crippen LogP contribution in [0, 0.1) is 29.1 Å². The maximum absolute atomic E-state index is 14.0. The van der Waals surface area contributed by atoms with E-state index in [9.17, 15) is 19.5 Å². The van der Waals surface area contributed by atoms with Crippen LogP contribution in [-0.2, 0) is 19.1 Å². The lowest BCUT2D eigenvalue weighted by Crippen LogP contribution is -2.55. The van der Waals surface area contributed by atoms with Crippen molar-refractivity contribution in [2.45, 2.75) is 58.7 Å². The Hall–Kier alpha value is -2.64. The molecule has 4 unspecified atom stereocenters. The Morgan fingerprint density at radius 2 is 1.86 bits per heavy atom. The number of esters is 1. The second-order valence-electron chi connectivity index (χ2n) is 11.4. The predicted octanol–water partition coefficient (Wildman–Crippen LogP) is 5.35. The van der Waals surface area contributed by atoms with Gasteiger partial charge in [-0.1, -0.05) is 38.1 Å². The molecular weight excluding hydrogens is 494 g/mol. The van der Waals surface area contributed by atoms with Gasteiger partial charge in [0.1, 0.15) is 18.0 Å². The SMILES string of the molecule is C=C(C)C(OC(=O)N(C)c1ccc(Cl)cc1)C1(O)CC(COC(C)=O)=CC2C(=O)C1CC[C@@H]1[C@H]2C1(C)C. The highest BCUT2D eigenvalue weighted by molar-refractivity contribution is 6.30. The number of nitrogens with zero attached hydrogens (tertiary/aromatic N) is 1. The van der Waals surface area contributed by atoms with Crippen LogP contribution >= 0.6 is 11.6 Å². The lowest BCUT2D eigenvalue weighted by atomic mass is 9.72. The first-order chi connectivity index (χ1) is 17.3. The smallest absolute Gasteiger partial charge is 0.414 e. The van der Waals surface area contributed by atoms with Crippen LogP contribution in [-0.4, -0.2) is 48.3 Å². The van der Waals surface area contributed by atoms with Crippen LogP contribution in [0.1, 0.15) is 47.0 Å². The van der Waals surface area contributed by atoms with Crippen molar-refractivity contribution in [3.05, 3.63) is 53.1 Å². The van der Waals surface area contributed by atoms with Gasteiger partial charge in [-0.2, -0.15) is 0 Å². The molecule has 7 nitrogen and oxygen atoms in total. The number of hydrogen-bond donors (Lipinski definition) is 1. The molecule has 3 aliphatic carbocycles. The summed E-state index contributed by atoms with van der Waals surface area (Å²) in [5.74, 6) is -1.10. The minimum absolute atomic E-state index is 0.0261. The molecule has 1 amide bonds. The molecule has 0 radical (unpaired) electrons. The molecule has 2 fully saturated rings. The number of anilines is 1. The molecule has 1 N–H and O–H groups in total. The number of hydrogen-bond acceptors (Lipinski definition) is 6. The number of ketones is 1. The van der Waals surface area contributed by atoms with E-state index in [0.29, 0.717) is 34.2 Å². The number of halogens is 1. The lowest BCUT2D eigenvalue weighted by Gasteiger charge is -2.41. The fourth-order valence-electron chi connectivity index (χ4n) is 6.58. The molecule has 0 spiro atoms. The van der Waals surface area contributed by atoms with E-state index >= 15 is 0 Å². The highest BCUT2D eigenvalue weighted by Gasteiger charge is 2.66. The second-order valence-corrected chi connectivity index (χ2v) is 11.9. The summed E-state index contributed by atoms with van der Waals surface area (Å²) in [7, 11) is 1.56. The molecule has 37 heavy (non-hydrogen) atoms. The molecule has 0 aliphatic heterocycles. The summed E-state index contributed by atoms with van der Waals surface area (Å²) >= 11 is 5.98. The zero-order chi connectivity index (χ0) is 27.3. The van der Waals surface area contributed by atoms with E-state index < -0.39 is 29.7 Å². The molecular formula is C29H36ClNO6. The largest absolute Gasteiger partial charge is 0.461 e. The number of ether oxygens (including phenoxy) is 2. The summed E-state index contributed by atoms with van der Waals surface area (Å²) in [4.78, 5) is 40.1. The van der Waals surface area contributed by atoms with Crippen molar-refractivity contribution in [1.82, 2.24) is 0 Å². The van der Waals surface area contributed by atoms with Crippen molar-refractivity contribution < 1.29 is 29.0 Å². The molecule has 6 atom stereocenters. The normalized spacial score (nSPS) is 30.6. The summed E-state index contributed by atoms with van der Waals surface area (Å²) in [6.45, 7) is 11.3. The number of benzene rings is 1. The van der Waals surface area contributed by atoms with Gasteiger partial charge in [-0.25, -0.2) is 4.79 Å². The topological polar surface area (TPSA) is 93.1 Å². The molecule has 0 aromatic heterocycles. The average molecular weight is 530 g/mol. The highest BCUT2D eigenvalue weighted by atomic mass is 35.5. The fraction of sp³-hybridized carbons (Fsp3) is 0.552. The molecule has 2 bridgehead atoms. The predicted molar refractivity (Wildman–Crippen MR) is 141 cm³/mol. The molecule has 0 saturated heterocycles. The van der Waals surface area contributed by atoms with E-state index in [0.717, 1.165) is 6.42 Å². The highest BCUT2D eigenvalue weighted by Crippen LogP contribution is 2.67. The van der Waals surface area contributed by atoms with Crippen LogP contribution < -0.4 is 4.90 Å². The van der Waals surface area contributed by atoms with Gasteiger partial charge >= 0.3 is 12.1 Å². The zero-order valence-corrected chi connectivity index (χ0v) is 22.9. The van der Waals surface area contributed by atoms with Gasteiger partial charge < -0.3 is 14.6 Å². The van der Waals surface area contributed by atoms with Crippen LogP contribution in [0.2, 0.25) is 5.02 Å². The second kappa shape index (κ2) is 9.91. The van der Waals surface area contributed by atoms with Crippen LogP contribution in [0.25, 0.3) is 0 Å². The van der Waals surface area contributed by atoms with E-state index in [1.807, 2.05) is 6.08 Å². The number of rotatable bonds is 6. The Labute approximate surface area is 223 Å². The monoisotopic (exact) mass is 529 g/mol. The van der Waals surface area contributed by atoms with Gasteiger partial charge in [-0.3, -0.25) is 14.5 Å². The van der Waals surface area contributed by atoms with Crippen LogP contribution in [0.15, 0.2) is 48.1 Å². The number of allylic oxidation sites excluding steroid dienone is 1. The van der Waals surface area contributed by atoms with Crippen molar-refractivity contribution in [1.29, 1.82) is 0 Å². The molecule has 3 aliphatic rings. The first-order valence-corrected chi connectivity index (χ1v) is 13.1. The Kier molecular flexibility index (Phi) is 7.34. The summed E-state index contributed by atoms with van der Waals surface area (Å²) in [6.07, 6.45) is 1.37. The molecule has 0 heterocycles. The van der Waals surface area contributed by atoms with Crippen molar-refractivity contribution in [2.75, 3.05) is 18.6 Å². The standard InChI is InChI=1S/C29H36ClNO6/c1-16(2)26(37-27(34)31(6)20-9-7-19(30)8-10-20)29(35)14-18(15-36-17(3)32)13-21-24-22(28(24,4)5)11-12-23(29)25(21)33/h7-10,13,21-24,26,35H,1,11-12,14-15H2,2-6H3/t21?,22-,23?,24+,26?,29?/m1/s1. The summed E-state index contributed by atoms with van der Waals surface area (Å²) < 4.78 is 11.2. The Morgan fingerprint density at radius 3 is 2.46 bits per heavy atom. The number of carbonyl (C=O) groups excluding carboxylic acids is 3. The summed E-state index contributed by atoms with van der Waals surface area (Å²) in [5.41, 5.74) is -0.0751. The Balaban J connectivity index is 1.68. The fourth-order valence-corrected chi connectivity index (χ4v) is 6.70. The average Bonchev–Trinajstić information content (AvgIpc) is 3.44. The molecule has 200 valence electrons. The Bertz CT molecular complexity index is 1140. The number of Topliss-reactive ketones (excluding diaryl/α,β-unsaturated/α-hetero) is 1. The van der Waals surface area contributed by atoms with Gasteiger partial charge in [0.15, 0.2) is 6.10 Å². The van der Waals surface area contributed by atoms with Gasteiger partial charge in [-0.15, -0.1) is 0 Å². The third kappa shape index (κ3) is 5.08. The van der Waals surface area contributed by atoms with Crippen LogP contribution in [0.5, 0.6) is 0 Å². The van der Waals surface area contributed by atoms with Gasteiger partial charge in [0.05, 0.1) is 5.92 Å². The number of amides is 1. The van der Waals surface area contributed by atoms with Gasteiger partial charge in [0.2, 0.25) is 0 Å². The van der Waals surface area contributed by atoms with E-state index in [-0.39, 0.29) is 36.1 Å². The van der Waals surface area contributed by atoms with Crippen LogP contribution in [0.3, 0.4) is 0 Å².